The molecule has 0 saturated heterocycles. The molecule has 1 aromatic carbocycles. The van der Waals surface area contributed by atoms with Crippen LogP contribution in [0, 0.1) is 13.8 Å². The molecule has 5 heteroatoms. The van der Waals surface area contributed by atoms with Gasteiger partial charge in [-0.2, -0.15) is 11.8 Å². The summed E-state index contributed by atoms with van der Waals surface area (Å²) in [4.78, 5) is 23.2. The number of nitrogens with one attached hydrogen (secondary N) is 1. The smallest absolute Gasteiger partial charge is 0.330 e. The van der Waals surface area contributed by atoms with Gasteiger partial charge in [0.15, 0.2) is 6.04 Å². The third-order valence-electron chi connectivity index (χ3n) is 2.88. The molecule has 0 aromatic heterocycles. The second-order valence-electron chi connectivity index (χ2n) is 4.86. The van der Waals surface area contributed by atoms with Crippen LogP contribution in [0.5, 0.6) is 0 Å². The Balaban J connectivity index is 2.79. The maximum Gasteiger partial charge on any atom is 0.330 e. The highest BCUT2D eigenvalue weighted by molar-refractivity contribution is 7.98. The van der Waals surface area contributed by atoms with Crippen LogP contribution < -0.4 is 5.32 Å². The van der Waals surface area contributed by atoms with Crippen LogP contribution in [0.4, 0.5) is 0 Å². The lowest BCUT2D eigenvalue weighted by atomic mass is 10.0. The average molecular weight is 295 g/mol. The number of aryl methyl sites for hydroxylation is 2. The van der Waals surface area contributed by atoms with Crippen molar-refractivity contribution in [3.63, 3.8) is 0 Å². The van der Waals surface area contributed by atoms with Gasteiger partial charge in [-0.15, -0.1) is 0 Å². The molecule has 4 nitrogen and oxygen atoms in total. The van der Waals surface area contributed by atoms with Gasteiger partial charge < -0.3 is 10.4 Å². The molecule has 2 N–H and O–H groups in total. The van der Waals surface area contributed by atoms with E-state index in [9.17, 15) is 14.7 Å². The highest BCUT2D eigenvalue weighted by atomic mass is 32.2. The van der Waals surface area contributed by atoms with Crippen LogP contribution in [0.1, 0.15) is 35.6 Å². The Hall–Kier alpha value is -1.49. The molecule has 0 spiro atoms. The molecule has 0 saturated carbocycles. The summed E-state index contributed by atoms with van der Waals surface area (Å²) in [6.07, 6.45) is 3.09. The van der Waals surface area contributed by atoms with E-state index in [1.807, 2.05) is 26.2 Å². The van der Waals surface area contributed by atoms with Crippen LogP contribution in [0.2, 0.25) is 0 Å². The SMILES string of the molecule is CSCCCC(=O)NC(C(=O)O)c1cc(C)cc(C)c1. The summed E-state index contributed by atoms with van der Waals surface area (Å²) in [5.41, 5.74) is 2.60. The Morgan fingerprint density at radius 2 is 1.85 bits per heavy atom. The highest BCUT2D eigenvalue weighted by Gasteiger charge is 2.22. The molecule has 1 aromatic rings. The van der Waals surface area contributed by atoms with Crippen LogP contribution in [-0.2, 0) is 9.59 Å². The van der Waals surface area contributed by atoms with Crippen LogP contribution in [-0.4, -0.2) is 29.0 Å². The van der Waals surface area contributed by atoms with Crippen LogP contribution in [0.3, 0.4) is 0 Å². The van der Waals surface area contributed by atoms with Crippen molar-refractivity contribution in [3.05, 3.63) is 34.9 Å². The number of amides is 1. The number of aliphatic carboxylic acids is 1. The summed E-state index contributed by atoms with van der Waals surface area (Å²) < 4.78 is 0. The molecular formula is C15H21NO3S. The Morgan fingerprint density at radius 1 is 1.25 bits per heavy atom. The first-order chi connectivity index (χ1) is 9.43. The molecule has 1 atom stereocenters. The summed E-state index contributed by atoms with van der Waals surface area (Å²) in [6.45, 7) is 3.82. The second-order valence-corrected chi connectivity index (χ2v) is 5.84. The third-order valence-corrected chi connectivity index (χ3v) is 3.58. The molecule has 0 aliphatic rings. The van der Waals surface area contributed by atoms with E-state index in [1.54, 1.807) is 23.9 Å². The van der Waals surface area contributed by atoms with E-state index in [4.69, 9.17) is 0 Å². The second kappa shape index (κ2) is 7.94. The van der Waals surface area contributed by atoms with Gasteiger partial charge in [-0.25, -0.2) is 4.79 Å². The predicted molar refractivity (Wildman–Crippen MR) is 82.1 cm³/mol. The fraction of sp³-hybridized carbons (Fsp3) is 0.467. The van der Waals surface area contributed by atoms with Gasteiger partial charge in [-0.05, 0) is 37.8 Å². The number of carbonyl (C=O) groups excluding carboxylic acids is 1. The quantitative estimate of drug-likeness (QED) is 0.759. The molecule has 0 fully saturated rings. The van der Waals surface area contributed by atoms with Crippen molar-refractivity contribution < 1.29 is 14.7 Å². The topological polar surface area (TPSA) is 66.4 Å². The number of carboxylic acids is 1. The molecule has 0 aliphatic heterocycles. The van der Waals surface area contributed by atoms with Crippen LogP contribution in [0.15, 0.2) is 18.2 Å². The number of carbonyl (C=O) groups is 2. The van der Waals surface area contributed by atoms with E-state index in [0.717, 1.165) is 23.3 Å². The summed E-state index contributed by atoms with van der Waals surface area (Å²) in [5.74, 6) is -0.354. The maximum absolute atomic E-state index is 11.8. The summed E-state index contributed by atoms with van der Waals surface area (Å²) in [7, 11) is 0. The molecule has 0 bridgehead atoms. The van der Waals surface area contributed by atoms with Crippen molar-refractivity contribution in [1.82, 2.24) is 5.32 Å². The molecule has 1 rings (SSSR count). The number of benzene rings is 1. The lowest BCUT2D eigenvalue weighted by molar-refractivity contribution is -0.142. The van der Waals surface area contributed by atoms with Crippen molar-refractivity contribution in [2.24, 2.45) is 0 Å². The molecule has 20 heavy (non-hydrogen) atoms. The molecular weight excluding hydrogens is 274 g/mol. The van der Waals surface area contributed by atoms with Gasteiger partial charge in [0.25, 0.3) is 0 Å². The summed E-state index contributed by atoms with van der Waals surface area (Å²) in [5, 5.41) is 11.9. The Labute approximate surface area is 124 Å². The largest absolute Gasteiger partial charge is 0.479 e. The molecule has 1 unspecified atom stereocenters. The van der Waals surface area contributed by atoms with Crippen LogP contribution >= 0.6 is 11.8 Å². The van der Waals surface area contributed by atoms with Crippen molar-refractivity contribution in [2.75, 3.05) is 12.0 Å². The number of hydrogen-bond donors (Lipinski definition) is 2. The minimum Gasteiger partial charge on any atom is -0.479 e. The number of hydrogen-bond acceptors (Lipinski definition) is 3. The van der Waals surface area contributed by atoms with Crippen LogP contribution in [0.25, 0.3) is 0 Å². The van der Waals surface area contributed by atoms with Gasteiger partial charge in [-0.1, -0.05) is 29.3 Å². The monoisotopic (exact) mass is 295 g/mol. The fourth-order valence-corrected chi connectivity index (χ4v) is 2.51. The van der Waals surface area contributed by atoms with Gasteiger partial charge in [0.2, 0.25) is 5.91 Å². The Kier molecular flexibility index (Phi) is 6.58. The molecule has 1 amide bonds. The van der Waals surface area contributed by atoms with Gasteiger partial charge >= 0.3 is 5.97 Å². The fourth-order valence-electron chi connectivity index (χ4n) is 2.07. The zero-order chi connectivity index (χ0) is 15.1. The Bertz CT molecular complexity index is 468. The molecule has 110 valence electrons. The van der Waals surface area contributed by atoms with Crippen molar-refractivity contribution in [1.29, 1.82) is 0 Å². The minimum absolute atomic E-state index is 0.217. The van der Waals surface area contributed by atoms with E-state index in [-0.39, 0.29) is 5.91 Å². The normalized spacial score (nSPS) is 11.9. The van der Waals surface area contributed by atoms with Gasteiger partial charge in [0, 0.05) is 6.42 Å². The van der Waals surface area contributed by atoms with E-state index in [2.05, 4.69) is 5.32 Å². The number of thioether (sulfide) groups is 1. The molecule has 0 radical (unpaired) electrons. The number of rotatable bonds is 7. The standard InChI is InChI=1S/C15H21NO3S/c1-10-7-11(2)9-12(8-10)14(15(18)19)16-13(17)5-4-6-20-3/h7-9,14H,4-6H2,1-3H3,(H,16,17)(H,18,19). The first-order valence-electron chi connectivity index (χ1n) is 6.53. The maximum atomic E-state index is 11.8. The lowest BCUT2D eigenvalue weighted by Gasteiger charge is -2.16. The average Bonchev–Trinajstić information content (AvgIpc) is 2.34. The van der Waals surface area contributed by atoms with E-state index >= 15 is 0 Å². The Morgan fingerprint density at radius 3 is 2.35 bits per heavy atom. The van der Waals surface area contributed by atoms with Gasteiger partial charge in [0.05, 0.1) is 0 Å². The zero-order valence-corrected chi connectivity index (χ0v) is 12.9. The minimum atomic E-state index is -1.03. The van der Waals surface area contributed by atoms with E-state index in [0.29, 0.717) is 12.0 Å². The van der Waals surface area contributed by atoms with E-state index in [1.165, 1.54) is 0 Å². The van der Waals surface area contributed by atoms with Gasteiger partial charge in [0.1, 0.15) is 0 Å². The third kappa shape index (κ3) is 5.25. The molecule has 0 aliphatic carbocycles. The highest BCUT2D eigenvalue weighted by Crippen LogP contribution is 2.18. The summed E-state index contributed by atoms with van der Waals surface area (Å²) in [6, 6.07) is 4.60. The van der Waals surface area contributed by atoms with Crippen molar-refractivity contribution in [2.45, 2.75) is 32.7 Å². The number of carboxylic acid groups (broad SMARTS) is 1. The molecule has 0 heterocycles. The van der Waals surface area contributed by atoms with Crippen molar-refractivity contribution >= 4 is 23.6 Å². The first kappa shape index (κ1) is 16.6. The van der Waals surface area contributed by atoms with Crippen molar-refractivity contribution in [3.8, 4) is 0 Å². The first-order valence-corrected chi connectivity index (χ1v) is 7.92. The zero-order valence-electron chi connectivity index (χ0n) is 12.1. The lowest BCUT2D eigenvalue weighted by Crippen LogP contribution is -2.33. The summed E-state index contributed by atoms with van der Waals surface area (Å²) >= 11 is 1.67. The van der Waals surface area contributed by atoms with E-state index < -0.39 is 12.0 Å². The van der Waals surface area contributed by atoms with Gasteiger partial charge in [-0.3, -0.25) is 4.79 Å². The predicted octanol–water partition coefficient (Wildman–Crippen LogP) is 2.69.